The van der Waals surface area contributed by atoms with Gasteiger partial charge >= 0.3 is 12.1 Å². The number of ether oxygens (including phenoxy) is 1. The molecule has 24 heavy (non-hydrogen) atoms. The fraction of sp³-hybridized carbons (Fsp3) is 0.611. The van der Waals surface area contributed by atoms with E-state index in [0.717, 1.165) is 43.4 Å². The third-order valence-corrected chi connectivity index (χ3v) is 5.90. The first-order valence-electron chi connectivity index (χ1n) is 8.14. The van der Waals surface area contributed by atoms with Crippen LogP contribution in [0.1, 0.15) is 50.7 Å². The molecule has 0 atom stereocenters. The number of carboxylic acid groups (broad SMARTS) is 1. The molecule has 1 aromatic carbocycles. The summed E-state index contributed by atoms with van der Waals surface area (Å²) in [4.78, 5) is 11.4. The van der Waals surface area contributed by atoms with Gasteiger partial charge in [-0.25, -0.2) is 0 Å². The molecule has 132 valence electrons. The Balaban J connectivity index is 1.81. The number of halogens is 3. The van der Waals surface area contributed by atoms with Gasteiger partial charge in [0.1, 0.15) is 5.75 Å². The quantitative estimate of drug-likeness (QED) is 0.852. The molecule has 0 unspecified atom stereocenters. The van der Waals surface area contributed by atoms with E-state index in [0.29, 0.717) is 12.4 Å². The molecule has 6 heteroatoms. The van der Waals surface area contributed by atoms with Crippen LogP contribution < -0.4 is 4.74 Å². The first-order valence-corrected chi connectivity index (χ1v) is 8.14. The summed E-state index contributed by atoms with van der Waals surface area (Å²) in [5, 5.41) is 9.38. The van der Waals surface area contributed by atoms with Gasteiger partial charge in [0.2, 0.25) is 0 Å². The van der Waals surface area contributed by atoms with Crippen molar-refractivity contribution < 1.29 is 27.8 Å². The normalized spacial score (nSPS) is 27.0. The molecule has 0 amide bonds. The number of hydrogen-bond donors (Lipinski definition) is 1. The molecule has 0 bridgehead atoms. The number of carboxylic acids is 1. The Morgan fingerprint density at radius 3 is 2.42 bits per heavy atom. The summed E-state index contributed by atoms with van der Waals surface area (Å²) in [5.74, 6) is -0.416. The van der Waals surface area contributed by atoms with Crippen molar-refractivity contribution >= 4 is 5.97 Å². The SMILES string of the molecule is CC(C)(C(=O)O)C1CCC2(CC1)COc1cc(C(F)(F)F)ccc12. The van der Waals surface area contributed by atoms with Gasteiger partial charge in [-0.15, -0.1) is 0 Å². The average molecular weight is 342 g/mol. The lowest BCUT2D eigenvalue weighted by Gasteiger charge is -2.41. The second-order valence-electron chi connectivity index (χ2n) is 7.58. The minimum absolute atomic E-state index is 0.0686. The monoisotopic (exact) mass is 342 g/mol. The third kappa shape index (κ3) is 2.66. The van der Waals surface area contributed by atoms with Gasteiger partial charge in [-0.05, 0) is 57.6 Å². The Labute approximate surface area is 138 Å². The molecule has 0 radical (unpaired) electrons. The number of rotatable bonds is 2. The molecule has 1 spiro atoms. The molecule has 1 aromatic rings. The van der Waals surface area contributed by atoms with Crippen LogP contribution in [0.15, 0.2) is 18.2 Å². The maximum Gasteiger partial charge on any atom is 0.416 e. The van der Waals surface area contributed by atoms with Crippen molar-refractivity contribution in [3.05, 3.63) is 29.3 Å². The lowest BCUT2D eigenvalue weighted by molar-refractivity contribution is -0.151. The van der Waals surface area contributed by atoms with E-state index < -0.39 is 23.1 Å². The molecule has 1 heterocycles. The lowest BCUT2D eigenvalue weighted by Crippen LogP contribution is -2.40. The lowest BCUT2D eigenvalue weighted by atomic mass is 9.62. The zero-order chi connectivity index (χ0) is 17.8. The number of hydrogen-bond acceptors (Lipinski definition) is 2. The first-order chi connectivity index (χ1) is 11.1. The van der Waals surface area contributed by atoms with E-state index in [1.807, 2.05) is 0 Å². The molecule has 1 aliphatic heterocycles. The molecule has 0 aromatic heterocycles. The van der Waals surface area contributed by atoms with E-state index in [9.17, 15) is 23.1 Å². The maximum atomic E-state index is 12.8. The van der Waals surface area contributed by atoms with Crippen LogP contribution in [0.4, 0.5) is 13.2 Å². The van der Waals surface area contributed by atoms with Crippen LogP contribution >= 0.6 is 0 Å². The van der Waals surface area contributed by atoms with Crippen molar-refractivity contribution in [2.24, 2.45) is 11.3 Å². The van der Waals surface area contributed by atoms with Crippen LogP contribution in [0.25, 0.3) is 0 Å². The van der Waals surface area contributed by atoms with Gasteiger partial charge in [0.15, 0.2) is 0 Å². The van der Waals surface area contributed by atoms with E-state index in [-0.39, 0.29) is 11.3 Å². The summed E-state index contributed by atoms with van der Waals surface area (Å²) in [7, 11) is 0. The van der Waals surface area contributed by atoms with Crippen LogP contribution in [0.5, 0.6) is 5.75 Å². The molecule has 2 aliphatic rings. The highest BCUT2D eigenvalue weighted by atomic mass is 19.4. The van der Waals surface area contributed by atoms with Crippen LogP contribution in [0.2, 0.25) is 0 Å². The summed E-state index contributed by atoms with van der Waals surface area (Å²) < 4.78 is 44.1. The fourth-order valence-corrected chi connectivity index (χ4v) is 4.03. The number of benzene rings is 1. The minimum atomic E-state index is -4.38. The van der Waals surface area contributed by atoms with Gasteiger partial charge in [0.25, 0.3) is 0 Å². The van der Waals surface area contributed by atoms with Crippen molar-refractivity contribution in [1.82, 2.24) is 0 Å². The second-order valence-corrected chi connectivity index (χ2v) is 7.58. The maximum absolute atomic E-state index is 12.8. The van der Waals surface area contributed by atoms with Crippen LogP contribution in [0, 0.1) is 11.3 Å². The average Bonchev–Trinajstić information content (AvgIpc) is 2.85. The molecule has 3 rings (SSSR count). The first kappa shape index (κ1) is 17.1. The molecule has 1 fully saturated rings. The standard InChI is InChI=1S/C18H21F3O3/c1-16(2,15(22)23)11-5-7-17(8-6-11)10-24-14-9-12(18(19,20)21)3-4-13(14)17/h3-4,9,11H,5-8,10H2,1-2H3,(H,22,23). The zero-order valence-corrected chi connectivity index (χ0v) is 13.7. The topological polar surface area (TPSA) is 46.5 Å². The van der Waals surface area contributed by atoms with Crippen LogP contribution in [0.3, 0.4) is 0 Å². The highest BCUT2D eigenvalue weighted by Crippen LogP contribution is 2.52. The van der Waals surface area contributed by atoms with Gasteiger partial charge < -0.3 is 9.84 Å². The van der Waals surface area contributed by atoms with Gasteiger partial charge in [0.05, 0.1) is 17.6 Å². The zero-order valence-electron chi connectivity index (χ0n) is 13.7. The Bertz CT molecular complexity index is 656. The number of aliphatic carboxylic acids is 1. The number of fused-ring (bicyclic) bond motifs is 2. The molecule has 0 saturated heterocycles. The van der Waals surface area contributed by atoms with Crippen molar-refractivity contribution in [3.8, 4) is 5.75 Å². The molecule has 1 saturated carbocycles. The van der Waals surface area contributed by atoms with Gasteiger partial charge in [-0.3, -0.25) is 4.79 Å². The van der Waals surface area contributed by atoms with E-state index in [1.165, 1.54) is 6.07 Å². The summed E-state index contributed by atoms with van der Waals surface area (Å²) in [6.45, 7) is 3.86. The van der Waals surface area contributed by atoms with E-state index in [1.54, 1.807) is 13.8 Å². The molecular weight excluding hydrogens is 321 g/mol. The second kappa shape index (κ2) is 5.39. The smallest absolute Gasteiger partial charge is 0.416 e. The number of carbonyl (C=O) groups is 1. The van der Waals surface area contributed by atoms with E-state index in [4.69, 9.17) is 4.74 Å². The van der Waals surface area contributed by atoms with Gasteiger partial charge in [0, 0.05) is 11.0 Å². The van der Waals surface area contributed by atoms with Gasteiger partial charge in [-0.1, -0.05) is 6.07 Å². The summed E-state index contributed by atoms with van der Waals surface area (Å²) in [5.41, 5.74) is -0.921. The molecular formula is C18H21F3O3. The van der Waals surface area contributed by atoms with Crippen molar-refractivity contribution in [2.45, 2.75) is 51.1 Å². The van der Waals surface area contributed by atoms with E-state index >= 15 is 0 Å². The van der Waals surface area contributed by atoms with Crippen molar-refractivity contribution in [3.63, 3.8) is 0 Å². The molecule has 3 nitrogen and oxygen atoms in total. The highest BCUT2D eigenvalue weighted by Gasteiger charge is 2.48. The van der Waals surface area contributed by atoms with E-state index in [2.05, 4.69) is 0 Å². The Kier molecular flexibility index (Phi) is 3.85. The third-order valence-electron chi connectivity index (χ3n) is 5.90. The molecule has 1 N–H and O–H groups in total. The highest BCUT2D eigenvalue weighted by molar-refractivity contribution is 5.74. The van der Waals surface area contributed by atoms with Crippen molar-refractivity contribution in [1.29, 1.82) is 0 Å². The summed E-state index contributed by atoms with van der Waals surface area (Å²) in [6, 6.07) is 3.73. The Morgan fingerprint density at radius 1 is 1.25 bits per heavy atom. The summed E-state index contributed by atoms with van der Waals surface area (Å²) in [6.07, 6.45) is -1.41. The predicted molar refractivity (Wildman–Crippen MR) is 82.0 cm³/mol. The van der Waals surface area contributed by atoms with Crippen LogP contribution in [-0.2, 0) is 16.4 Å². The van der Waals surface area contributed by atoms with Crippen LogP contribution in [-0.4, -0.2) is 17.7 Å². The predicted octanol–water partition coefficient (Wildman–Crippen LogP) is 4.64. The molecule has 1 aliphatic carbocycles. The fourth-order valence-electron chi connectivity index (χ4n) is 4.03. The van der Waals surface area contributed by atoms with Gasteiger partial charge in [-0.2, -0.15) is 13.2 Å². The number of alkyl halides is 3. The largest absolute Gasteiger partial charge is 0.492 e. The Hall–Kier alpha value is -1.72. The Morgan fingerprint density at radius 2 is 1.88 bits per heavy atom. The van der Waals surface area contributed by atoms with Crippen molar-refractivity contribution in [2.75, 3.05) is 6.61 Å². The minimum Gasteiger partial charge on any atom is -0.492 e. The summed E-state index contributed by atoms with van der Waals surface area (Å²) >= 11 is 0.